The highest BCUT2D eigenvalue weighted by molar-refractivity contribution is 7.04. The van der Waals surface area contributed by atoms with E-state index in [0.717, 1.165) is 28.8 Å². The Bertz CT molecular complexity index is 1130. The van der Waals surface area contributed by atoms with Gasteiger partial charge >= 0.3 is 0 Å². The second-order valence-corrected chi connectivity index (χ2v) is 8.52. The minimum absolute atomic E-state index is 0. The molecule has 10 heteroatoms. The van der Waals surface area contributed by atoms with Crippen molar-refractivity contribution in [3.8, 4) is 45.4 Å². The van der Waals surface area contributed by atoms with Gasteiger partial charge in [0.25, 0.3) is 5.91 Å². The summed E-state index contributed by atoms with van der Waals surface area (Å²) in [4.78, 5) is 12.8. The smallest absolute Gasteiger partial charge is 0.282 e. The Labute approximate surface area is 216 Å². The van der Waals surface area contributed by atoms with Crippen molar-refractivity contribution in [3.63, 3.8) is 0 Å². The third-order valence-corrected chi connectivity index (χ3v) is 6.57. The van der Waals surface area contributed by atoms with Crippen LogP contribution in [0, 0.1) is 5.92 Å². The van der Waals surface area contributed by atoms with Gasteiger partial charge in [-0.25, -0.2) is 0 Å². The van der Waals surface area contributed by atoms with Crippen molar-refractivity contribution in [2.75, 3.05) is 33.8 Å². The van der Waals surface area contributed by atoms with E-state index in [0.29, 0.717) is 28.7 Å². The summed E-state index contributed by atoms with van der Waals surface area (Å²) in [5.74, 6) is 2.21. The van der Waals surface area contributed by atoms with Crippen molar-refractivity contribution >= 4 is 23.1 Å². The third kappa shape index (κ3) is 5.98. The summed E-state index contributed by atoms with van der Waals surface area (Å²) in [6, 6.07) is 9.04. The van der Waals surface area contributed by atoms with E-state index < -0.39 is 0 Å². The lowest BCUT2D eigenvalue weighted by atomic mass is 9.98. The largest absolute Gasteiger partial charge is 1.00 e. The van der Waals surface area contributed by atoms with Crippen LogP contribution in [-0.2, 0) is 4.79 Å². The normalized spacial score (nSPS) is 12.2. The molecule has 4 N–H and O–H groups in total. The molecule has 190 valence electrons. The van der Waals surface area contributed by atoms with E-state index in [1.807, 2.05) is 49.6 Å². The van der Waals surface area contributed by atoms with Gasteiger partial charge in [-0.1, -0.05) is 19.9 Å². The topological polar surface area (TPSA) is 107 Å². The molecule has 1 amide bonds. The standard InChI is InChI=1S/C25H31N3O5S.ClH/c1-7-14(2)22(26)25(29)27-18-10-15(8-9-19(18)30-3)17-13-34-28-23(17)16-11-20(31-4)24(33-6)21(12-16)32-5;/h8-14,22H,7,26H2,1-6H3,(H,27,29);1H/t14?,22-;/m1./s1. The molecular formula is C25H32ClN3O5S. The number of halogens is 1. The summed E-state index contributed by atoms with van der Waals surface area (Å²) < 4.78 is 26.6. The lowest BCUT2D eigenvalue weighted by molar-refractivity contribution is -0.414. The average molecular weight is 522 g/mol. The second-order valence-electron chi connectivity index (χ2n) is 7.89. The summed E-state index contributed by atoms with van der Waals surface area (Å²) in [5.41, 5.74) is 8.01. The molecule has 1 unspecified atom stereocenters. The average Bonchev–Trinajstić information content (AvgIpc) is 3.36. The molecule has 0 spiro atoms. The van der Waals surface area contributed by atoms with Gasteiger partial charge in [0.2, 0.25) is 5.75 Å². The number of anilines is 1. The number of aromatic nitrogens is 1. The molecule has 3 aromatic rings. The summed E-state index contributed by atoms with van der Waals surface area (Å²) >= 11 is 1.34. The molecule has 8 nitrogen and oxygen atoms in total. The number of nitrogens with zero attached hydrogens (tertiary/aromatic N) is 1. The summed E-state index contributed by atoms with van der Waals surface area (Å²) in [7, 11) is 6.31. The van der Waals surface area contributed by atoms with Crippen molar-refractivity contribution in [3.05, 3.63) is 35.7 Å². The minimum Gasteiger partial charge on any atom is -1.00 e. The SMILES string of the molecule is CCC(C)[C@@H]([NH3+])C(=O)Nc1cc(-c2csnc2-c2cc(OC)c(OC)c(OC)c2)ccc1OC.[Cl-]. The molecule has 1 heterocycles. The Hall–Kier alpha value is -3.01. The van der Waals surface area contributed by atoms with Gasteiger partial charge in [0.05, 0.1) is 39.8 Å². The van der Waals surface area contributed by atoms with E-state index in [9.17, 15) is 4.79 Å². The van der Waals surface area contributed by atoms with Crippen LogP contribution in [0.4, 0.5) is 5.69 Å². The fourth-order valence-electron chi connectivity index (χ4n) is 3.61. The first kappa shape index (κ1) is 28.2. The molecule has 0 aliphatic heterocycles. The quantitative estimate of drug-likeness (QED) is 0.414. The molecule has 0 aliphatic carbocycles. The Kier molecular flexibility index (Phi) is 10.2. The maximum Gasteiger partial charge on any atom is 0.282 e. The fourth-order valence-corrected chi connectivity index (χ4v) is 4.32. The first-order valence-corrected chi connectivity index (χ1v) is 11.8. The van der Waals surface area contributed by atoms with Gasteiger partial charge in [-0.05, 0) is 47.8 Å². The van der Waals surface area contributed by atoms with E-state index >= 15 is 0 Å². The Morgan fingerprint density at radius 3 is 2.17 bits per heavy atom. The number of carbonyl (C=O) groups excluding carboxylic acids is 1. The Balaban J connectivity index is 0.00000432. The molecule has 0 saturated heterocycles. The van der Waals surface area contributed by atoms with Crippen LogP contribution in [0.1, 0.15) is 20.3 Å². The van der Waals surface area contributed by atoms with Gasteiger partial charge in [0.1, 0.15) is 5.75 Å². The van der Waals surface area contributed by atoms with Gasteiger partial charge in [0, 0.05) is 22.4 Å². The zero-order valence-electron chi connectivity index (χ0n) is 20.8. The van der Waals surface area contributed by atoms with Gasteiger partial charge in [-0.3, -0.25) is 4.79 Å². The van der Waals surface area contributed by atoms with E-state index in [2.05, 4.69) is 15.4 Å². The van der Waals surface area contributed by atoms with Gasteiger partial charge < -0.3 is 42.4 Å². The zero-order chi connectivity index (χ0) is 24.8. The Morgan fingerprint density at radius 1 is 1.00 bits per heavy atom. The number of carbonyl (C=O) groups is 1. The number of quaternary nitrogens is 1. The predicted molar refractivity (Wildman–Crippen MR) is 134 cm³/mol. The van der Waals surface area contributed by atoms with Crippen LogP contribution in [0.15, 0.2) is 35.7 Å². The molecular weight excluding hydrogens is 490 g/mol. The van der Waals surface area contributed by atoms with Crippen LogP contribution in [0.3, 0.4) is 0 Å². The van der Waals surface area contributed by atoms with Gasteiger partial charge in [-0.2, -0.15) is 4.37 Å². The van der Waals surface area contributed by atoms with Crippen molar-refractivity contribution in [2.45, 2.75) is 26.3 Å². The summed E-state index contributed by atoms with van der Waals surface area (Å²) in [5, 5.41) is 4.96. The number of methoxy groups -OCH3 is 4. The molecule has 0 radical (unpaired) electrons. The van der Waals surface area contributed by atoms with E-state index in [-0.39, 0.29) is 30.3 Å². The maximum absolute atomic E-state index is 12.8. The lowest BCUT2D eigenvalue weighted by Crippen LogP contribution is -3.00. The van der Waals surface area contributed by atoms with E-state index in [4.69, 9.17) is 18.9 Å². The van der Waals surface area contributed by atoms with Crippen molar-refractivity contribution in [2.24, 2.45) is 5.92 Å². The molecule has 2 atom stereocenters. The molecule has 0 saturated carbocycles. The number of nitrogens with one attached hydrogen (secondary N) is 1. The number of benzene rings is 2. The predicted octanol–water partition coefficient (Wildman–Crippen LogP) is 1.11. The molecule has 0 aliphatic rings. The molecule has 3 rings (SSSR count). The van der Waals surface area contributed by atoms with Crippen LogP contribution < -0.4 is 42.4 Å². The number of amides is 1. The maximum atomic E-state index is 12.8. The van der Waals surface area contributed by atoms with Crippen LogP contribution in [0.5, 0.6) is 23.0 Å². The molecule has 0 fully saturated rings. The Morgan fingerprint density at radius 2 is 1.63 bits per heavy atom. The molecule has 35 heavy (non-hydrogen) atoms. The molecule has 0 bridgehead atoms. The van der Waals surface area contributed by atoms with Gasteiger partial charge in [0.15, 0.2) is 17.5 Å². The van der Waals surface area contributed by atoms with Crippen LogP contribution in [0.2, 0.25) is 0 Å². The second kappa shape index (κ2) is 12.6. The van der Waals surface area contributed by atoms with Crippen molar-refractivity contribution in [1.82, 2.24) is 4.37 Å². The highest BCUT2D eigenvalue weighted by atomic mass is 35.5. The lowest BCUT2D eigenvalue weighted by Gasteiger charge is -2.17. The molecule has 1 aromatic heterocycles. The minimum atomic E-state index is -0.365. The highest BCUT2D eigenvalue weighted by Crippen LogP contribution is 2.44. The van der Waals surface area contributed by atoms with Crippen LogP contribution in [-0.4, -0.2) is 44.8 Å². The first-order chi connectivity index (χ1) is 16.4. The van der Waals surface area contributed by atoms with E-state index in [1.165, 1.54) is 11.5 Å². The molecule has 2 aromatic carbocycles. The number of hydrogen-bond donors (Lipinski definition) is 2. The zero-order valence-corrected chi connectivity index (χ0v) is 22.4. The fraction of sp³-hybridized carbons (Fsp3) is 0.360. The number of rotatable bonds is 10. The highest BCUT2D eigenvalue weighted by Gasteiger charge is 2.25. The van der Waals surface area contributed by atoms with Crippen LogP contribution in [0.25, 0.3) is 22.4 Å². The number of hydrogen-bond acceptors (Lipinski definition) is 7. The summed E-state index contributed by atoms with van der Waals surface area (Å²) in [6.45, 7) is 4.07. The first-order valence-electron chi connectivity index (χ1n) is 10.9. The third-order valence-electron chi connectivity index (χ3n) is 5.94. The van der Waals surface area contributed by atoms with Crippen LogP contribution >= 0.6 is 11.5 Å². The van der Waals surface area contributed by atoms with Gasteiger partial charge in [-0.15, -0.1) is 0 Å². The van der Waals surface area contributed by atoms with E-state index in [1.54, 1.807) is 28.4 Å². The monoisotopic (exact) mass is 521 g/mol. The summed E-state index contributed by atoms with van der Waals surface area (Å²) in [6.07, 6.45) is 0.873. The van der Waals surface area contributed by atoms with Crippen molar-refractivity contribution < 1.29 is 41.9 Å². The van der Waals surface area contributed by atoms with Crippen molar-refractivity contribution in [1.29, 1.82) is 0 Å². The number of ether oxygens (including phenoxy) is 4.